The average molecular weight is 561 g/mol. The molecule has 2 N–H and O–H groups in total. The van der Waals surface area contributed by atoms with Crippen LogP contribution in [0.25, 0.3) is 0 Å². The van der Waals surface area contributed by atoms with Gasteiger partial charge in [-0.25, -0.2) is 0 Å². The Balaban J connectivity index is 1.76. The van der Waals surface area contributed by atoms with Gasteiger partial charge in [0.15, 0.2) is 0 Å². The molecule has 1 aromatic rings. The van der Waals surface area contributed by atoms with Crippen LogP contribution < -0.4 is 4.74 Å². The summed E-state index contributed by atoms with van der Waals surface area (Å²) in [5, 5.41) is 20.3. The number of ketones is 1. The Morgan fingerprint density at radius 2 is 2.05 bits per heavy atom. The first-order valence-corrected chi connectivity index (χ1v) is 14.2. The standard InChI is InChI=1S/C28H39F3O6S/c1-3-4-5-14-36-26(35)13-12-19(2)8-6-11-23-24(33)16-25(34)27(23)38-18-21(32)17-37-22-10-7-9-20(15-22)28(29,30)31/h6-10,15,19,21,23,25,27,32,34H,3-5,11-14,16-18H2,1-2H3. The first-order chi connectivity index (χ1) is 18.0. The zero-order valence-corrected chi connectivity index (χ0v) is 22.8. The number of thioether (sulfide) groups is 1. The van der Waals surface area contributed by atoms with E-state index in [4.69, 9.17) is 9.47 Å². The van der Waals surface area contributed by atoms with Gasteiger partial charge in [0.05, 0.1) is 24.4 Å². The fraction of sp³-hybridized carbons (Fsp3) is 0.643. The molecule has 38 heavy (non-hydrogen) atoms. The average Bonchev–Trinajstić information content (AvgIpc) is 3.14. The number of hydrogen-bond donors (Lipinski definition) is 2. The zero-order chi connectivity index (χ0) is 28.1. The molecule has 6 nitrogen and oxygen atoms in total. The van der Waals surface area contributed by atoms with Crippen LogP contribution in [-0.2, 0) is 20.5 Å². The summed E-state index contributed by atoms with van der Waals surface area (Å²) in [6, 6.07) is 4.43. The van der Waals surface area contributed by atoms with Crippen molar-refractivity contribution in [1.82, 2.24) is 0 Å². The second kappa shape index (κ2) is 16.2. The molecular weight excluding hydrogens is 521 g/mol. The molecule has 0 aliphatic heterocycles. The Morgan fingerprint density at radius 3 is 2.76 bits per heavy atom. The topological polar surface area (TPSA) is 93.1 Å². The number of allylic oxidation sites excluding steroid dienone is 2. The molecule has 0 saturated heterocycles. The Hall–Kier alpha value is -2.04. The van der Waals surface area contributed by atoms with E-state index in [1.54, 1.807) is 0 Å². The number of ether oxygens (including phenoxy) is 2. The van der Waals surface area contributed by atoms with E-state index in [9.17, 15) is 33.0 Å². The number of unbranched alkanes of at least 4 members (excludes halogenated alkanes) is 2. The molecule has 0 heterocycles. The van der Waals surface area contributed by atoms with E-state index >= 15 is 0 Å². The molecule has 5 atom stereocenters. The molecule has 0 spiro atoms. The number of alkyl halides is 3. The van der Waals surface area contributed by atoms with Crippen LogP contribution in [0.4, 0.5) is 13.2 Å². The molecule has 0 bridgehead atoms. The van der Waals surface area contributed by atoms with Crippen molar-refractivity contribution in [2.24, 2.45) is 11.8 Å². The number of aliphatic hydroxyl groups excluding tert-OH is 2. The number of aliphatic hydroxyl groups is 2. The number of halogens is 3. The molecule has 0 amide bonds. The van der Waals surface area contributed by atoms with Crippen molar-refractivity contribution in [3.63, 3.8) is 0 Å². The molecule has 1 aliphatic carbocycles. The summed E-state index contributed by atoms with van der Waals surface area (Å²) in [6.45, 7) is 4.31. The highest BCUT2D eigenvalue weighted by molar-refractivity contribution is 8.00. The maximum atomic E-state index is 12.8. The Bertz CT molecular complexity index is 907. The third kappa shape index (κ3) is 11.4. The number of rotatable bonds is 16. The number of carbonyl (C=O) groups excluding carboxylic acids is 2. The van der Waals surface area contributed by atoms with Gasteiger partial charge in [0, 0.05) is 29.8 Å². The summed E-state index contributed by atoms with van der Waals surface area (Å²) in [5.41, 5.74) is -0.834. The van der Waals surface area contributed by atoms with Crippen LogP contribution in [0.3, 0.4) is 0 Å². The third-order valence-electron chi connectivity index (χ3n) is 6.35. The molecule has 0 radical (unpaired) electrons. The minimum absolute atomic E-state index is 0.00171. The number of benzene rings is 1. The quantitative estimate of drug-likeness (QED) is 0.155. The number of esters is 1. The summed E-state index contributed by atoms with van der Waals surface area (Å²) >= 11 is 1.26. The van der Waals surface area contributed by atoms with Gasteiger partial charge in [-0.3, -0.25) is 9.59 Å². The van der Waals surface area contributed by atoms with Crippen LogP contribution in [-0.4, -0.2) is 58.4 Å². The van der Waals surface area contributed by atoms with Crippen LogP contribution in [0.5, 0.6) is 5.75 Å². The van der Waals surface area contributed by atoms with Crippen LogP contribution in [0.1, 0.15) is 64.4 Å². The lowest BCUT2D eigenvalue weighted by molar-refractivity contribution is -0.144. The van der Waals surface area contributed by atoms with Gasteiger partial charge in [0.1, 0.15) is 18.1 Å². The monoisotopic (exact) mass is 560 g/mol. The van der Waals surface area contributed by atoms with Crippen LogP contribution in [0, 0.1) is 11.8 Å². The van der Waals surface area contributed by atoms with Crippen LogP contribution in [0.15, 0.2) is 36.4 Å². The minimum Gasteiger partial charge on any atom is -0.491 e. The van der Waals surface area contributed by atoms with Crippen molar-refractivity contribution in [3.8, 4) is 5.75 Å². The van der Waals surface area contributed by atoms with Gasteiger partial charge >= 0.3 is 12.1 Å². The Labute approximate surface area is 227 Å². The van der Waals surface area contributed by atoms with Gasteiger partial charge < -0.3 is 19.7 Å². The first-order valence-electron chi connectivity index (χ1n) is 13.1. The van der Waals surface area contributed by atoms with Crippen molar-refractivity contribution in [3.05, 3.63) is 42.0 Å². The van der Waals surface area contributed by atoms with Gasteiger partial charge in [-0.05, 0) is 43.4 Å². The lowest BCUT2D eigenvalue weighted by Crippen LogP contribution is -2.27. The Morgan fingerprint density at radius 1 is 1.29 bits per heavy atom. The number of Topliss-reactive ketones (excluding diaryl/α,β-unsaturated/α-hetero) is 1. The lowest BCUT2D eigenvalue weighted by atomic mass is 9.99. The zero-order valence-electron chi connectivity index (χ0n) is 22.0. The van der Waals surface area contributed by atoms with Gasteiger partial charge in [-0.1, -0.05) is 44.9 Å². The first kappa shape index (κ1) is 32.2. The van der Waals surface area contributed by atoms with Crippen molar-refractivity contribution >= 4 is 23.5 Å². The van der Waals surface area contributed by atoms with Gasteiger partial charge in [-0.15, -0.1) is 0 Å². The minimum atomic E-state index is -4.49. The van der Waals surface area contributed by atoms with E-state index < -0.39 is 35.1 Å². The van der Waals surface area contributed by atoms with E-state index in [0.29, 0.717) is 25.9 Å². The highest BCUT2D eigenvalue weighted by Gasteiger charge is 2.41. The van der Waals surface area contributed by atoms with Gasteiger partial charge in [0.2, 0.25) is 0 Å². The largest absolute Gasteiger partial charge is 0.491 e. The van der Waals surface area contributed by atoms with Gasteiger partial charge in [0.25, 0.3) is 0 Å². The molecule has 5 unspecified atom stereocenters. The molecule has 1 aromatic carbocycles. The van der Waals surface area contributed by atoms with E-state index in [-0.39, 0.29) is 42.2 Å². The maximum absolute atomic E-state index is 12.8. The fourth-order valence-electron chi connectivity index (χ4n) is 4.15. The van der Waals surface area contributed by atoms with Crippen molar-refractivity contribution in [2.75, 3.05) is 19.0 Å². The van der Waals surface area contributed by atoms with E-state index in [1.807, 2.05) is 19.1 Å². The van der Waals surface area contributed by atoms with Crippen LogP contribution in [0.2, 0.25) is 0 Å². The Kier molecular flexibility index (Phi) is 13.7. The van der Waals surface area contributed by atoms with Crippen LogP contribution >= 0.6 is 11.8 Å². The SMILES string of the molecule is CCCCCOC(=O)CCC(C)C=CCC1C(=O)CC(O)C1SCC(O)COc1cccc(C(F)(F)F)c1. The second-order valence-electron chi connectivity index (χ2n) is 9.74. The molecule has 0 aromatic heterocycles. The van der Waals surface area contributed by atoms with Crippen molar-refractivity contribution < 1.29 is 42.4 Å². The predicted molar refractivity (Wildman–Crippen MR) is 141 cm³/mol. The van der Waals surface area contributed by atoms with E-state index in [2.05, 4.69) is 6.92 Å². The van der Waals surface area contributed by atoms with Crippen molar-refractivity contribution in [1.29, 1.82) is 0 Å². The van der Waals surface area contributed by atoms with Crippen molar-refractivity contribution in [2.45, 2.75) is 82.4 Å². The molecule has 1 saturated carbocycles. The summed E-state index contributed by atoms with van der Waals surface area (Å²) in [7, 11) is 0. The maximum Gasteiger partial charge on any atom is 0.416 e. The third-order valence-corrected chi connectivity index (χ3v) is 7.96. The predicted octanol–water partition coefficient (Wildman–Crippen LogP) is 5.59. The van der Waals surface area contributed by atoms with E-state index in [0.717, 1.165) is 31.4 Å². The van der Waals surface area contributed by atoms with E-state index in [1.165, 1.54) is 23.9 Å². The molecule has 1 fully saturated rings. The lowest BCUT2D eigenvalue weighted by Gasteiger charge is -2.21. The highest BCUT2D eigenvalue weighted by Crippen LogP contribution is 2.36. The molecule has 2 rings (SSSR count). The molecule has 214 valence electrons. The van der Waals surface area contributed by atoms with Gasteiger partial charge in [-0.2, -0.15) is 24.9 Å². The smallest absolute Gasteiger partial charge is 0.416 e. The number of hydrogen-bond acceptors (Lipinski definition) is 7. The summed E-state index contributed by atoms with van der Waals surface area (Å²) in [4.78, 5) is 24.3. The second-order valence-corrected chi connectivity index (χ2v) is 11.0. The summed E-state index contributed by atoms with van der Waals surface area (Å²) in [6.07, 6.45) is 1.99. The summed E-state index contributed by atoms with van der Waals surface area (Å²) in [5.74, 6) is -0.369. The molecule has 1 aliphatic rings. The number of carbonyl (C=O) groups is 2. The summed E-state index contributed by atoms with van der Waals surface area (Å²) < 4.78 is 49.1. The highest BCUT2D eigenvalue weighted by atomic mass is 32.2. The molecule has 10 heteroatoms. The normalized spacial score (nSPS) is 21.6. The fourth-order valence-corrected chi connectivity index (χ4v) is 5.51. The molecular formula is C28H39F3O6S.